The Bertz CT molecular complexity index is 1170. The zero-order chi connectivity index (χ0) is 27.6. The van der Waals surface area contributed by atoms with Crippen molar-refractivity contribution in [2.45, 2.75) is 78.8 Å². The Kier molecular flexibility index (Phi) is 8.10. The predicted octanol–water partition coefficient (Wildman–Crippen LogP) is 4.91. The van der Waals surface area contributed by atoms with Crippen LogP contribution >= 0.6 is 0 Å². The molecule has 1 saturated heterocycles. The number of hydrogen-bond acceptors (Lipinski definition) is 6. The second-order valence-corrected chi connectivity index (χ2v) is 11.1. The quantitative estimate of drug-likeness (QED) is 0.404. The van der Waals surface area contributed by atoms with Crippen molar-refractivity contribution in [1.82, 2.24) is 5.32 Å². The third-order valence-electron chi connectivity index (χ3n) is 6.39. The van der Waals surface area contributed by atoms with E-state index in [-0.39, 0.29) is 12.3 Å². The van der Waals surface area contributed by atoms with Gasteiger partial charge < -0.3 is 23.9 Å². The summed E-state index contributed by atoms with van der Waals surface area (Å²) in [6, 6.07) is 15.0. The largest absolute Gasteiger partial charge is 0.494 e. The normalized spacial score (nSPS) is 17.1. The molecule has 198 valence electrons. The second kappa shape index (κ2) is 10.6. The minimum Gasteiger partial charge on any atom is -0.488 e. The summed E-state index contributed by atoms with van der Waals surface area (Å²) >= 11 is 0. The van der Waals surface area contributed by atoms with E-state index in [0.717, 1.165) is 5.56 Å². The van der Waals surface area contributed by atoms with E-state index < -0.39 is 36.0 Å². The summed E-state index contributed by atoms with van der Waals surface area (Å²) in [6.45, 7) is 14.8. The van der Waals surface area contributed by atoms with Gasteiger partial charge in [0.15, 0.2) is 0 Å². The summed E-state index contributed by atoms with van der Waals surface area (Å²) in [7, 11) is -0.660. The molecule has 0 unspecified atom stereocenters. The Labute approximate surface area is 219 Å². The molecule has 1 fully saturated rings. The molecule has 1 heterocycles. The number of alkyl carbamates (subject to hydrolysis) is 1. The van der Waals surface area contributed by atoms with Crippen LogP contribution in [0.3, 0.4) is 0 Å². The number of nitrogens with one attached hydrogen (secondary N) is 1. The fraction of sp³-hybridized carbons (Fsp3) is 0.429. The highest BCUT2D eigenvalue weighted by Crippen LogP contribution is 2.37. The number of allylic oxidation sites excluding steroid dienone is 1. The van der Waals surface area contributed by atoms with Gasteiger partial charge in [0.05, 0.1) is 11.2 Å². The SMILES string of the molecule is C/C(=C(\NC(=O)OC(C)(C)C)C(=O)O)c1cc(B2OC(C)(C)C(C)(C)O2)ccc1OCc1ccccc1. The molecule has 1 amide bonds. The lowest BCUT2D eigenvalue weighted by atomic mass is 9.77. The smallest absolute Gasteiger partial charge is 0.488 e. The molecule has 2 aromatic carbocycles. The van der Waals surface area contributed by atoms with Crippen molar-refractivity contribution < 1.29 is 33.5 Å². The fourth-order valence-corrected chi connectivity index (χ4v) is 3.68. The molecule has 0 saturated carbocycles. The molecule has 1 aliphatic rings. The van der Waals surface area contributed by atoms with Gasteiger partial charge in [-0.15, -0.1) is 0 Å². The zero-order valence-corrected chi connectivity index (χ0v) is 22.8. The molecule has 8 nitrogen and oxygen atoms in total. The molecule has 37 heavy (non-hydrogen) atoms. The minimum atomic E-state index is -1.31. The van der Waals surface area contributed by atoms with Crippen LogP contribution in [0.25, 0.3) is 5.57 Å². The van der Waals surface area contributed by atoms with Gasteiger partial charge in [-0.05, 0) is 78.1 Å². The number of carbonyl (C=O) groups excluding carboxylic acids is 1. The van der Waals surface area contributed by atoms with E-state index >= 15 is 0 Å². The topological polar surface area (TPSA) is 103 Å². The summed E-state index contributed by atoms with van der Waals surface area (Å²) in [5.41, 5.74) is 0.229. The van der Waals surface area contributed by atoms with Crippen LogP contribution in [0.1, 0.15) is 66.5 Å². The molecule has 9 heteroatoms. The van der Waals surface area contributed by atoms with Crippen LogP contribution in [-0.2, 0) is 25.4 Å². The Morgan fingerprint density at radius 3 is 2.14 bits per heavy atom. The van der Waals surface area contributed by atoms with E-state index in [2.05, 4.69) is 5.32 Å². The maximum Gasteiger partial charge on any atom is 0.494 e. The molecule has 0 bridgehead atoms. The average molecular weight is 509 g/mol. The zero-order valence-electron chi connectivity index (χ0n) is 22.8. The van der Waals surface area contributed by atoms with Crippen LogP contribution in [-0.4, -0.2) is 41.1 Å². The molecular formula is C28H36BNO7. The molecule has 0 aromatic heterocycles. The highest BCUT2D eigenvalue weighted by atomic mass is 16.7. The van der Waals surface area contributed by atoms with Crippen molar-refractivity contribution in [3.8, 4) is 5.75 Å². The number of carboxylic acids is 1. The highest BCUT2D eigenvalue weighted by Gasteiger charge is 2.51. The minimum absolute atomic E-state index is 0.277. The van der Waals surface area contributed by atoms with Crippen LogP contribution in [0.4, 0.5) is 4.79 Å². The molecule has 0 spiro atoms. The van der Waals surface area contributed by atoms with Crippen LogP contribution in [0.5, 0.6) is 5.75 Å². The highest BCUT2D eigenvalue weighted by molar-refractivity contribution is 6.62. The van der Waals surface area contributed by atoms with E-state index in [0.29, 0.717) is 22.3 Å². The molecule has 0 aliphatic carbocycles. The fourth-order valence-electron chi connectivity index (χ4n) is 3.68. The number of carbonyl (C=O) groups is 2. The van der Waals surface area contributed by atoms with Gasteiger partial charge in [-0.2, -0.15) is 0 Å². The van der Waals surface area contributed by atoms with Gasteiger partial charge in [-0.25, -0.2) is 9.59 Å². The number of amides is 1. The van der Waals surface area contributed by atoms with Gasteiger partial charge in [-0.1, -0.05) is 42.5 Å². The van der Waals surface area contributed by atoms with Crippen LogP contribution in [0.2, 0.25) is 0 Å². The first-order valence-electron chi connectivity index (χ1n) is 12.2. The number of aliphatic carboxylic acids is 1. The summed E-state index contributed by atoms with van der Waals surface area (Å²) < 4.78 is 23.8. The summed E-state index contributed by atoms with van der Waals surface area (Å²) in [6.07, 6.45) is -0.863. The molecular weight excluding hydrogens is 473 g/mol. The third kappa shape index (κ3) is 6.93. The third-order valence-corrected chi connectivity index (χ3v) is 6.39. The number of carboxylic acid groups (broad SMARTS) is 1. The molecule has 1 aliphatic heterocycles. The van der Waals surface area contributed by atoms with E-state index in [4.69, 9.17) is 18.8 Å². The maximum atomic E-state index is 12.4. The van der Waals surface area contributed by atoms with Crippen molar-refractivity contribution in [1.29, 1.82) is 0 Å². The predicted molar refractivity (Wildman–Crippen MR) is 143 cm³/mol. The number of benzene rings is 2. The van der Waals surface area contributed by atoms with Gasteiger partial charge in [0.1, 0.15) is 23.7 Å². The Morgan fingerprint density at radius 2 is 1.59 bits per heavy atom. The van der Waals surface area contributed by atoms with Gasteiger partial charge in [0, 0.05) is 5.56 Å². The lowest BCUT2D eigenvalue weighted by Crippen LogP contribution is -2.41. The summed E-state index contributed by atoms with van der Waals surface area (Å²) in [5, 5.41) is 12.3. The van der Waals surface area contributed by atoms with E-state index in [1.54, 1.807) is 39.8 Å². The van der Waals surface area contributed by atoms with Gasteiger partial charge >= 0.3 is 19.2 Å². The molecule has 3 rings (SSSR count). The van der Waals surface area contributed by atoms with Crippen LogP contribution in [0, 0.1) is 0 Å². The Hall–Kier alpha value is -3.30. The summed E-state index contributed by atoms with van der Waals surface area (Å²) in [4.78, 5) is 24.6. The lowest BCUT2D eigenvalue weighted by molar-refractivity contribution is -0.133. The van der Waals surface area contributed by atoms with Crippen LogP contribution in [0.15, 0.2) is 54.2 Å². The van der Waals surface area contributed by atoms with E-state index in [1.807, 2.05) is 64.1 Å². The van der Waals surface area contributed by atoms with Crippen LogP contribution < -0.4 is 15.5 Å². The van der Waals surface area contributed by atoms with Crippen molar-refractivity contribution >= 4 is 30.2 Å². The number of rotatable bonds is 7. The van der Waals surface area contributed by atoms with Gasteiger partial charge in [0.2, 0.25) is 0 Å². The van der Waals surface area contributed by atoms with E-state index in [9.17, 15) is 14.7 Å². The first-order chi connectivity index (χ1) is 17.1. The number of hydrogen-bond donors (Lipinski definition) is 2. The molecule has 2 N–H and O–H groups in total. The molecule has 2 aromatic rings. The Balaban J connectivity index is 2.04. The van der Waals surface area contributed by atoms with Crippen molar-refractivity contribution in [3.63, 3.8) is 0 Å². The van der Waals surface area contributed by atoms with E-state index in [1.165, 1.54) is 0 Å². The Morgan fingerprint density at radius 1 is 1.00 bits per heavy atom. The molecule has 0 radical (unpaired) electrons. The van der Waals surface area contributed by atoms with Crippen molar-refractivity contribution in [3.05, 3.63) is 65.4 Å². The van der Waals surface area contributed by atoms with Gasteiger partial charge in [-0.3, -0.25) is 5.32 Å². The van der Waals surface area contributed by atoms with Crippen molar-refractivity contribution in [2.75, 3.05) is 0 Å². The lowest BCUT2D eigenvalue weighted by Gasteiger charge is -2.32. The first-order valence-corrected chi connectivity index (χ1v) is 12.2. The number of ether oxygens (including phenoxy) is 2. The first kappa shape index (κ1) is 28.3. The standard InChI is InChI=1S/C28H36BNO7/c1-18(23(24(31)32)30-25(33)35-26(2,3)4)21-16-20(29-36-27(5,6)28(7,8)37-29)14-15-22(21)34-17-19-12-10-9-11-13-19/h9-16H,17H2,1-8H3,(H,30,33)(H,31,32)/b23-18+. The maximum absolute atomic E-state index is 12.4. The second-order valence-electron chi connectivity index (χ2n) is 11.1. The molecule has 0 atom stereocenters. The van der Waals surface area contributed by atoms with Crippen molar-refractivity contribution in [2.24, 2.45) is 0 Å². The van der Waals surface area contributed by atoms with Gasteiger partial charge in [0.25, 0.3) is 0 Å². The average Bonchev–Trinajstić information content (AvgIpc) is 3.01. The monoisotopic (exact) mass is 509 g/mol. The summed E-state index contributed by atoms with van der Waals surface area (Å²) in [5.74, 6) is -0.857.